The summed E-state index contributed by atoms with van der Waals surface area (Å²) >= 11 is 6.17. The largest absolute Gasteiger partial charge is 0.497 e. The lowest BCUT2D eigenvalue weighted by atomic mass is 10.0. The van der Waals surface area contributed by atoms with Crippen LogP contribution in [0.5, 0.6) is 5.75 Å². The van der Waals surface area contributed by atoms with Gasteiger partial charge in [-0.3, -0.25) is 0 Å². The highest BCUT2D eigenvalue weighted by Gasteiger charge is 2.43. The van der Waals surface area contributed by atoms with Gasteiger partial charge in [-0.25, -0.2) is 8.42 Å². The van der Waals surface area contributed by atoms with E-state index in [-0.39, 0.29) is 4.90 Å². The number of hydrogen-bond donors (Lipinski definition) is 0. The summed E-state index contributed by atoms with van der Waals surface area (Å²) in [5.41, 5.74) is 3.28. The van der Waals surface area contributed by atoms with Gasteiger partial charge in [0.2, 0.25) is 10.0 Å². The van der Waals surface area contributed by atoms with Crippen LogP contribution in [0.25, 0.3) is 5.76 Å². The van der Waals surface area contributed by atoms with Gasteiger partial charge in [-0.05, 0) is 55.0 Å². The van der Waals surface area contributed by atoms with E-state index in [0.717, 1.165) is 16.7 Å². The lowest BCUT2D eigenvalue weighted by Gasteiger charge is -2.40. The van der Waals surface area contributed by atoms with Crippen LogP contribution in [0.2, 0.25) is 5.02 Å². The van der Waals surface area contributed by atoms with Crippen molar-refractivity contribution < 1.29 is 17.9 Å². The Morgan fingerprint density at radius 3 is 2.05 bits per heavy atom. The van der Waals surface area contributed by atoms with Crippen molar-refractivity contribution in [3.63, 3.8) is 0 Å². The van der Waals surface area contributed by atoms with Crippen LogP contribution in [0.15, 0.2) is 114 Å². The topological polar surface area (TPSA) is 55.8 Å². The van der Waals surface area contributed by atoms with Gasteiger partial charge in [0.05, 0.1) is 18.0 Å². The molecule has 1 aliphatic heterocycles. The first-order chi connectivity index (χ1) is 17.9. The molecule has 5 rings (SSSR count). The van der Waals surface area contributed by atoms with Crippen LogP contribution in [0.3, 0.4) is 0 Å². The standard InChI is InChI=1S/C30H26ClNO4S/c1-21-8-18-27(19-9-21)37(33,34)32-28(22-12-16-26(35-2)17-13-22)20-29(23-6-4-3-5-7-23)36-30(32)24-10-14-25(31)15-11-24/h3-20,28,30H,1-2H3/t28-,30-/m0/s1. The van der Waals surface area contributed by atoms with Crippen molar-refractivity contribution in [1.29, 1.82) is 0 Å². The highest BCUT2D eigenvalue weighted by Crippen LogP contribution is 2.45. The second-order valence-electron chi connectivity index (χ2n) is 8.78. The SMILES string of the molecule is COc1ccc([C@@H]2C=C(c3ccccc3)O[C@@H](c3ccc(Cl)cc3)N2S(=O)(=O)c2ccc(C)cc2)cc1. The van der Waals surface area contributed by atoms with Gasteiger partial charge in [-0.15, -0.1) is 4.31 Å². The third-order valence-corrected chi connectivity index (χ3v) is 8.41. The van der Waals surface area contributed by atoms with Gasteiger partial charge in [0.15, 0.2) is 6.23 Å². The maximum absolute atomic E-state index is 14.3. The molecule has 0 amide bonds. The van der Waals surface area contributed by atoms with E-state index < -0.39 is 22.3 Å². The molecule has 188 valence electrons. The van der Waals surface area contributed by atoms with E-state index in [1.165, 1.54) is 4.31 Å². The highest BCUT2D eigenvalue weighted by atomic mass is 35.5. The molecule has 0 N–H and O–H groups in total. The molecular formula is C30H26ClNO4S. The highest BCUT2D eigenvalue weighted by molar-refractivity contribution is 7.89. The summed E-state index contributed by atoms with van der Waals surface area (Å²) in [5.74, 6) is 1.28. The summed E-state index contributed by atoms with van der Waals surface area (Å²) in [7, 11) is -2.41. The molecular weight excluding hydrogens is 506 g/mol. The Morgan fingerprint density at radius 1 is 0.811 bits per heavy atom. The smallest absolute Gasteiger partial charge is 0.247 e. The van der Waals surface area contributed by atoms with Crippen LogP contribution in [0.1, 0.15) is 34.5 Å². The number of rotatable bonds is 6. The van der Waals surface area contributed by atoms with Crippen LogP contribution in [0, 0.1) is 6.92 Å². The van der Waals surface area contributed by atoms with Crippen LogP contribution < -0.4 is 4.74 Å². The summed E-state index contributed by atoms with van der Waals surface area (Å²) in [4.78, 5) is 0.190. The number of nitrogens with zero attached hydrogens (tertiary/aromatic N) is 1. The average Bonchev–Trinajstić information content (AvgIpc) is 2.93. The fraction of sp³-hybridized carbons (Fsp3) is 0.133. The van der Waals surface area contributed by atoms with Gasteiger partial charge in [0, 0.05) is 16.1 Å². The molecule has 0 spiro atoms. The number of ether oxygens (including phenoxy) is 2. The Bertz CT molecular complexity index is 1500. The molecule has 4 aromatic rings. The Hall–Kier alpha value is -3.58. The second-order valence-corrected chi connectivity index (χ2v) is 11.1. The van der Waals surface area contributed by atoms with Crippen LogP contribution in [-0.2, 0) is 14.8 Å². The first-order valence-corrected chi connectivity index (χ1v) is 13.6. The summed E-state index contributed by atoms with van der Waals surface area (Å²) in [6, 6.07) is 30.3. The molecule has 0 radical (unpaired) electrons. The molecule has 0 aromatic heterocycles. The molecule has 37 heavy (non-hydrogen) atoms. The van der Waals surface area contributed by atoms with E-state index in [9.17, 15) is 8.42 Å². The number of hydrogen-bond acceptors (Lipinski definition) is 4. The van der Waals surface area contributed by atoms with E-state index in [1.54, 1.807) is 55.6 Å². The Kier molecular flexibility index (Phi) is 7.07. The number of aryl methyl sites for hydroxylation is 1. The van der Waals surface area contributed by atoms with Crippen molar-refractivity contribution in [2.45, 2.75) is 24.1 Å². The second kappa shape index (κ2) is 10.4. The van der Waals surface area contributed by atoms with Gasteiger partial charge in [0.25, 0.3) is 0 Å². The summed E-state index contributed by atoms with van der Waals surface area (Å²) in [6.07, 6.45) is 0.922. The molecule has 0 unspecified atom stereocenters. The van der Waals surface area contributed by atoms with Gasteiger partial charge in [0.1, 0.15) is 11.5 Å². The maximum atomic E-state index is 14.3. The molecule has 0 saturated carbocycles. The van der Waals surface area contributed by atoms with E-state index in [0.29, 0.717) is 22.1 Å². The lowest BCUT2D eigenvalue weighted by molar-refractivity contribution is 0.0295. The minimum absolute atomic E-state index is 0.190. The number of methoxy groups -OCH3 is 1. The summed E-state index contributed by atoms with van der Waals surface area (Å²) in [5, 5.41) is 0.554. The first-order valence-electron chi connectivity index (χ1n) is 11.8. The van der Waals surface area contributed by atoms with Gasteiger partial charge in [-0.1, -0.05) is 83.9 Å². The third kappa shape index (κ3) is 5.14. The molecule has 7 heteroatoms. The zero-order valence-electron chi connectivity index (χ0n) is 20.4. The van der Waals surface area contributed by atoms with Crippen molar-refractivity contribution in [1.82, 2.24) is 4.31 Å². The fourth-order valence-corrected chi connectivity index (χ4v) is 6.08. The molecule has 0 saturated heterocycles. The van der Waals surface area contributed by atoms with Gasteiger partial charge in [-0.2, -0.15) is 0 Å². The van der Waals surface area contributed by atoms with Gasteiger partial charge >= 0.3 is 0 Å². The van der Waals surface area contributed by atoms with Crippen LogP contribution >= 0.6 is 11.6 Å². The molecule has 4 aromatic carbocycles. The minimum Gasteiger partial charge on any atom is -0.497 e. The maximum Gasteiger partial charge on any atom is 0.247 e. The number of sulfonamides is 1. The predicted octanol–water partition coefficient (Wildman–Crippen LogP) is 7.16. The number of benzene rings is 4. The normalized spacial score (nSPS) is 18.1. The van der Waals surface area contributed by atoms with Crippen molar-refractivity contribution in [2.24, 2.45) is 0 Å². The molecule has 1 heterocycles. The van der Waals surface area contributed by atoms with E-state index in [2.05, 4.69) is 0 Å². The zero-order chi connectivity index (χ0) is 26.0. The molecule has 0 bridgehead atoms. The van der Waals surface area contributed by atoms with Crippen LogP contribution in [-0.4, -0.2) is 19.8 Å². The van der Waals surface area contributed by atoms with Crippen molar-refractivity contribution in [3.05, 3.63) is 136 Å². The fourth-order valence-electron chi connectivity index (χ4n) is 4.34. The summed E-state index contributed by atoms with van der Waals surface area (Å²) in [6.45, 7) is 1.92. The van der Waals surface area contributed by atoms with Crippen molar-refractivity contribution in [3.8, 4) is 5.75 Å². The van der Waals surface area contributed by atoms with Crippen molar-refractivity contribution >= 4 is 27.4 Å². The van der Waals surface area contributed by atoms with E-state index in [1.807, 2.05) is 67.6 Å². The van der Waals surface area contributed by atoms with E-state index in [4.69, 9.17) is 21.1 Å². The summed E-state index contributed by atoms with van der Waals surface area (Å²) < 4.78 is 41.8. The Morgan fingerprint density at radius 2 is 1.43 bits per heavy atom. The van der Waals surface area contributed by atoms with Gasteiger partial charge < -0.3 is 9.47 Å². The Labute approximate surface area is 222 Å². The average molecular weight is 532 g/mol. The van der Waals surface area contributed by atoms with Crippen molar-refractivity contribution in [2.75, 3.05) is 7.11 Å². The first kappa shape index (κ1) is 25.1. The molecule has 0 fully saturated rings. The monoisotopic (exact) mass is 531 g/mol. The number of halogens is 1. The predicted molar refractivity (Wildman–Crippen MR) is 146 cm³/mol. The lowest BCUT2D eigenvalue weighted by Crippen LogP contribution is -2.41. The third-order valence-electron chi connectivity index (χ3n) is 6.32. The molecule has 5 nitrogen and oxygen atoms in total. The van der Waals surface area contributed by atoms with E-state index >= 15 is 0 Å². The minimum atomic E-state index is -4.01. The quantitative estimate of drug-likeness (QED) is 0.265. The molecule has 2 atom stereocenters. The molecule has 0 aliphatic carbocycles. The zero-order valence-corrected chi connectivity index (χ0v) is 22.0. The molecule has 1 aliphatic rings. The Balaban J connectivity index is 1.73. The van der Waals surface area contributed by atoms with Crippen LogP contribution in [0.4, 0.5) is 0 Å².